The number of aliphatic hydroxyl groups is 1. The van der Waals surface area contributed by atoms with Gasteiger partial charge in [0.05, 0.1) is 18.7 Å². The van der Waals surface area contributed by atoms with Gasteiger partial charge < -0.3 is 15.3 Å². The van der Waals surface area contributed by atoms with Crippen molar-refractivity contribution in [3.63, 3.8) is 0 Å². The lowest BCUT2D eigenvalue weighted by molar-refractivity contribution is 0.248. The molecule has 5 heteroatoms. The van der Waals surface area contributed by atoms with E-state index in [-0.39, 0.29) is 12.6 Å². The van der Waals surface area contributed by atoms with Crippen molar-refractivity contribution in [2.24, 2.45) is 5.92 Å². The molecule has 2 N–H and O–H groups in total. The van der Waals surface area contributed by atoms with Gasteiger partial charge in [-0.25, -0.2) is 4.98 Å². The van der Waals surface area contributed by atoms with Crippen molar-refractivity contribution in [3.8, 4) is 0 Å². The molecular formula is C19H24N4O. The minimum absolute atomic E-state index is 0.0315. The van der Waals surface area contributed by atoms with E-state index in [1.54, 1.807) is 6.20 Å². The molecule has 1 aliphatic carbocycles. The van der Waals surface area contributed by atoms with Crippen molar-refractivity contribution in [1.82, 2.24) is 9.97 Å². The third kappa shape index (κ3) is 2.53. The Kier molecular flexibility index (Phi) is 3.88. The van der Waals surface area contributed by atoms with Crippen LogP contribution in [0.15, 0.2) is 36.5 Å². The third-order valence-corrected chi connectivity index (χ3v) is 5.35. The molecule has 5 nitrogen and oxygen atoms in total. The summed E-state index contributed by atoms with van der Waals surface area (Å²) in [7, 11) is 0. The van der Waals surface area contributed by atoms with Crippen LogP contribution in [0.3, 0.4) is 0 Å². The fraction of sp³-hybridized carbons (Fsp3) is 0.474. The van der Waals surface area contributed by atoms with Crippen LogP contribution < -0.4 is 10.2 Å². The molecule has 1 aromatic carbocycles. The Bertz CT molecular complexity index is 733. The predicted octanol–water partition coefficient (Wildman–Crippen LogP) is 2.95. The maximum Gasteiger partial charge on any atom is 0.224 e. The molecule has 24 heavy (non-hydrogen) atoms. The Hall–Kier alpha value is -2.14. The molecule has 0 radical (unpaired) electrons. The lowest BCUT2D eigenvalue weighted by Crippen LogP contribution is -2.31. The van der Waals surface area contributed by atoms with Gasteiger partial charge in [-0.2, -0.15) is 4.98 Å². The van der Waals surface area contributed by atoms with Crippen LogP contribution >= 0.6 is 0 Å². The van der Waals surface area contributed by atoms with Crippen LogP contribution in [0.1, 0.15) is 43.4 Å². The third-order valence-electron chi connectivity index (χ3n) is 5.35. The number of hydrogen-bond acceptors (Lipinski definition) is 5. The Morgan fingerprint density at radius 1 is 1.25 bits per heavy atom. The van der Waals surface area contributed by atoms with Crippen LogP contribution in [0.5, 0.6) is 0 Å². The number of nitrogens with one attached hydrogen (secondary N) is 1. The molecule has 1 aromatic heterocycles. The summed E-state index contributed by atoms with van der Waals surface area (Å²) in [6.45, 7) is 5.25. The van der Waals surface area contributed by atoms with E-state index in [0.29, 0.717) is 23.8 Å². The molecular weight excluding hydrogens is 300 g/mol. The molecule has 0 spiro atoms. The summed E-state index contributed by atoms with van der Waals surface area (Å²) in [4.78, 5) is 11.4. The summed E-state index contributed by atoms with van der Waals surface area (Å²) in [5.41, 5.74) is 2.95. The number of nitrogens with zero attached hydrogens (tertiary/aromatic N) is 3. The normalized spacial score (nSPS) is 22.8. The van der Waals surface area contributed by atoms with Gasteiger partial charge in [-0.15, -0.1) is 0 Å². The summed E-state index contributed by atoms with van der Waals surface area (Å²) < 4.78 is 0. The van der Waals surface area contributed by atoms with Gasteiger partial charge in [-0.3, -0.25) is 0 Å². The first kappa shape index (κ1) is 15.4. The van der Waals surface area contributed by atoms with Gasteiger partial charge in [0.1, 0.15) is 5.82 Å². The largest absolute Gasteiger partial charge is 0.394 e. The van der Waals surface area contributed by atoms with Crippen molar-refractivity contribution in [2.45, 2.75) is 38.3 Å². The number of aromatic nitrogens is 2. The molecule has 126 valence electrons. The molecule has 1 saturated heterocycles. The monoisotopic (exact) mass is 324 g/mol. The second-order valence-electron chi connectivity index (χ2n) is 7.15. The van der Waals surface area contributed by atoms with Crippen LogP contribution in [-0.4, -0.2) is 34.3 Å². The summed E-state index contributed by atoms with van der Waals surface area (Å²) in [5.74, 6) is 2.49. The van der Waals surface area contributed by atoms with Gasteiger partial charge in [0.15, 0.2) is 0 Å². The highest BCUT2D eigenvalue weighted by Crippen LogP contribution is 2.51. The number of aliphatic hydroxyl groups excluding tert-OH is 1. The van der Waals surface area contributed by atoms with E-state index in [4.69, 9.17) is 4.98 Å². The van der Waals surface area contributed by atoms with E-state index in [0.717, 1.165) is 12.4 Å². The number of fused-ring (bicyclic) bond motifs is 5. The van der Waals surface area contributed by atoms with E-state index in [1.807, 2.05) is 6.07 Å². The summed E-state index contributed by atoms with van der Waals surface area (Å²) in [5, 5.41) is 12.8. The summed E-state index contributed by atoms with van der Waals surface area (Å²) >= 11 is 0. The lowest BCUT2D eigenvalue weighted by Gasteiger charge is -2.30. The number of rotatable bonds is 5. The molecule has 0 saturated carbocycles. The smallest absolute Gasteiger partial charge is 0.224 e. The number of benzene rings is 1. The zero-order chi connectivity index (χ0) is 16.7. The Morgan fingerprint density at radius 2 is 2.04 bits per heavy atom. The summed E-state index contributed by atoms with van der Waals surface area (Å²) in [6, 6.07) is 11.1. The standard InChI is InChI=1S/C19H24N4O/c1-12(2)16(11-24)21-19-20-8-7-18(22-19)23-10-13-9-17(23)15-6-4-3-5-14(13)15/h3-8,12-13,16-17,24H,9-11H2,1-2H3,(H,20,21,22)/t13-,16+,17+/m1/s1. The maximum atomic E-state index is 9.51. The molecule has 4 rings (SSSR count). The number of anilines is 2. The van der Waals surface area contributed by atoms with Gasteiger partial charge in [-0.1, -0.05) is 38.1 Å². The van der Waals surface area contributed by atoms with Crippen LogP contribution in [0.2, 0.25) is 0 Å². The van der Waals surface area contributed by atoms with Gasteiger partial charge in [0.2, 0.25) is 5.95 Å². The van der Waals surface area contributed by atoms with Crippen molar-refractivity contribution in [1.29, 1.82) is 0 Å². The van der Waals surface area contributed by atoms with Crippen molar-refractivity contribution in [3.05, 3.63) is 47.7 Å². The van der Waals surface area contributed by atoms with E-state index in [2.05, 4.69) is 53.3 Å². The Morgan fingerprint density at radius 3 is 2.79 bits per heavy atom. The zero-order valence-electron chi connectivity index (χ0n) is 14.2. The van der Waals surface area contributed by atoms with Gasteiger partial charge in [0, 0.05) is 18.7 Å². The highest BCUT2D eigenvalue weighted by atomic mass is 16.3. The molecule has 1 aliphatic heterocycles. The molecule has 2 heterocycles. The number of hydrogen-bond donors (Lipinski definition) is 2. The summed E-state index contributed by atoms with van der Waals surface area (Å²) in [6.07, 6.45) is 2.98. The zero-order valence-corrected chi connectivity index (χ0v) is 14.2. The van der Waals surface area contributed by atoms with Crippen molar-refractivity contribution < 1.29 is 5.11 Å². The molecule has 2 aromatic rings. The lowest BCUT2D eigenvalue weighted by atomic mass is 9.99. The highest BCUT2D eigenvalue weighted by molar-refractivity contribution is 5.54. The second kappa shape index (κ2) is 6.06. The minimum Gasteiger partial charge on any atom is -0.394 e. The average molecular weight is 324 g/mol. The van der Waals surface area contributed by atoms with Gasteiger partial charge >= 0.3 is 0 Å². The van der Waals surface area contributed by atoms with Crippen LogP contribution in [0, 0.1) is 5.92 Å². The van der Waals surface area contributed by atoms with Crippen LogP contribution in [0.4, 0.5) is 11.8 Å². The van der Waals surface area contributed by atoms with E-state index in [9.17, 15) is 5.11 Å². The topological polar surface area (TPSA) is 61.3 Å². The van der Waals surface area contributed by atoms with E-state index >= 15 is 0 Å². The fourth-order valence-corrected chi connectivity index (χ4v) is 3.96. The van der Waals surface area contributed by atoms with Crippen LogP contribution in [0.25, 0.3) is 0 Å². The molecule has 1 fully saturated rings. The first-order valence-corrected chi connectivity index (χ1v) is 8.73. The van der Waals surface area contributed by atoms with Gasteiger partial charge in [0.25, 0.3) is 0 Å². The molecule has 3 atom stereocenters. The Labute approximate surface area is 142 Å². The predicted molar refractivity (Wildman–Crippen MR) is 95.3 cm³/mol. The first-order valence-electron chi connectivity index (χ1n) is 8.73. The molecule has 0 unspecified atom stereocenters. The first-order chi connectivity index (χ1) is 11.7. The van der Waals surface area contributed by atoms with Crippen molar-refractivity contribution in [2.75, 3.05) is 23.4 Å². The van der Waals surface area contributed by atoms with Crippen LogP contribution in [-0.2, 0) is 0 Å². The molecule has 2 aliphatic rings. The maximum absolute atomic E-state index is 9.51. The average Bonchev–Trinajstić information content (AvgIpc) is 3.19. The highest BCUT2D eigenvalue weighted by Gasteiger charge is 2.42. The van der Waals surface area contributed by atoms with Crippen molar-refractivity contribution >= 4 is 11.8 Å². The second-order valence-corrected chi connectivity index (χ2v) is 7.15. The molecule has 0 amide bonds. The molecule has 2 bridgehead atoms. The minimum atomic E-state index is -0.0315. The Balaban J connectivity index is 1.57. The quantitative estimate of drug-likeness (QED) is 0.885. The van der Waals surface area contributed by atoms with Gasteiger partial charge in [-0.05, 0) is 29.5 Å². The van der Waals surface area contributed by atoms with E-state index < -0.39 is 0 Å². The SMILES string of the molecule is CC(C)[C@H](CO)Nc1nccc(N2C[C@H]3C[C@H]2c2ccccc23)n1. The van der Waals surface area contributed by atoms with E-state index in [1.165, 1.54) is 17.5 Å². The fourth-order valence-electron chi connectivity index (χ4n) is 3.96.